The molecule has 2 N–H and O–H groups in total. The molecule has 0 aromatic carbocycles. The van der Waals surface area contributed by atoms with Gasteiger partial charge in [-0.25, -0.2) is 8.42 Å². The summed E-state index contributed by atoms with van der Waals surface area (Å²) in [4.78, 5) is 4.15. The Morgan fingerprint density at radius 3 is 2.71 bits per heavy atom. The van der Waals surface area contributed by atoms with Gasteiger partial charge in [0.05, 0.1) is 5.75 Å². The molecule has 0 spiro atoms. The predicted octanol–water partition coefficient (Wildman–Crippen LogP) is 0.808. The normalized spacial score (nSPS) is 18.4. The summed E-state index contributed by atoms with van der Waals surface area (Å²) in [6.07, 6.45) is 4.92. The quantitative estimate of drug-likeness (QED) is 0.339. The number of rotatable bonds is 10. The zero-order valence-corrected chi connectivity index (χ0v) is 16.0. The third kappa shape index (κ3) is 10.8. The Hall–Kier alpha value is -0.860. The van der Waals surface area contributed by atoms with E-state index in [1.165, 1.54) is 6.26 Å². The topological polar surface area (TPSA) is 89.0 Å². The zero-order valence-electron chi connectivity index (χ0n) is 15.2. The van der Waals surface area contributed by atoms with E-state index in [1.807, 2.05) is 6.92 Å². The molecule has 1 heterocycles. The molecule has 0 amide bonds. The van der Waals surface area contributed by atoms with E-state index >= 15 is 0 Å². The summed E-state index contributed by atoms with van der Waals surface area (Å²) >= 11 is 0. The van der Waals surface area contributed by atoms with E-state index in [1.54, 1.807) is 7.05 Å². The van der Waals surface area contributed by atoms with E-state index in [2.05, 4.69) is 15.6 Å². The van der Waals surface area contributed by atoms with Crippen LogP contribution in [0.4, 0.5) is 0 Å². The Kier molecular flexibility index (Phi) is 10.3. The molecule has 7 nitrogen and oxygen atoms in total. The van der Waals surface area contributed by atoms with Gasteiger partial charge in [-0.3, -0.25) is 4.99 Å². The van der Waals surface area contributed by atoms with Crippen molar-refractivity contribution in [2.24, 2.45) is 10.9 Å². The van der Waals surface area contributed by atoms with Crippen LogP contribution < -0.4 is 10.6 Å². The fraction of sp³-hybridized carbons (Fsp3) is 0.938. The van der Waals surface area contributed by atoms with E-state index in [4.69, 9.17) is 9.47 Å². The van der Waals surface area contributed by atoms with E-state index in [-0.39, 0.29) is 11.8 Å². The van der Waals surface area contributed by atoms with Crippen molar-refractivity contribution in [1.29, 1.82) is 0 Å². The second kappa shape index (κ2) is 11.7. The monoisotopic (exact) mass is 363 g/mol. The molecular formula is C16H33N3O4S. The van der Waals surface area contributed by atoms with Crippen LogP contribution in [-0.2, 0) is 19.3 Å². The average molecular weight is 364 g/mol. The lowest BCUT2D eigenvalue weighted by Crippen LogP contribution is -2.43. The highest BCUT2D eigenvalue weighted by atomic mass is 32.2. The molecule has 1 rings (SSSR count). The standard InChI is InChI=1S/C16H33N3O4S/c1-14(7-12-24(3,20)21)19-16(17-2)18-8-4-9-23-13-15-5-10-22-11-6-15/h14-15H,4-13H2,1-3H3,(H2,17,18,19). The largest absolute Gasteiger partial charge is 0.381 e. The Morgan fingerprint density at radius 2 is 2.08 bits per heavy atom. The molecule has 0 aliphatic carbocycles. The summed E-state index contributed by atoms with van der Waals surface area (Å²) in [5, 5.41) is 6.43. The first-order valence-electron chi connectivity index (χ1n) is 8.71. The summed E-state index contributed by atoms with van der Waals surface area (Å²) in [7, 11) is -1.21. The third-order valence-electron chi connectivity index (χ3n) is 3.98. The molecule has 1 aliphatic heterocycles. The Bertz CT molecular complexity index is 462. The van der Waals surface area contributed by atoms with Crippen LogP contribution in [0.2, 0.25) is 0 Å². The molecule has 142 valence electrons. The minimum Gasteiger partial charge on any atom is -0.381 e. The number of guanidine groups is 1. The molecule has 0 saturated carbocycles. The fourth-order valence-electron chi connectivity index (χ4n) is 2.44. The average Bonchev–Trinajstić information content (AvgIpc) is 2.55. The number of ether oxygens (including phenoxy) is 2. The van der Waals surface area contributed by atoms with E-state index in [0.717, 1.165) is 52.2 Å². The van der Waals surface area contributed by atoms with Crippen molar-refractivity contribution in [3.8, 4) is 0 Å². The lowest BCUT2D eigenvalue weighted by Gasteiger charge is -2.21. The lowest BCUT2D eigenvalue weighted by molar-refractivity contribution is 0.0203. The zero-order chi connectivity index (χ0) is 17.8. The van der Waals surface area contributed by atoms with Crippen molar-refractivity contribution in [2.45, 2.75) is 38.6 Å². The highest BCUT2D eigenvalue weighted by molar-refractivity contribution is 7.90. The summed E-state index contributed by atoms with van der Waals surface area (Å²) in [5.74, 6) is 1.51. The molecular weight excluding hydrogens is 330 g/mol. The van der Waals surface area contributed by atoms with Gasteiger partial charge in [0.15, 0.2) is 5.96 Å². The van der Waals surface area contributed by atoms with Crippen LogP contribution in [0.1, 0.15) is 32.6 Å². The summed E-state index contributed by atoms with van der Waals surface area (Å²) in [6.45, 7) is 5.98. The van der Waals surface area contributed by atoms with Gasteiger partial charge in [0.1, 0.15) is 9.84 Å². The first kappa shape index (κ1) is 21.2. The van der Waals surface area contributed by atoms with Crippen molar-refractivity contribution in [2.75, 3.05) is 52.0 Å². The number of hydrogen-bond donors (Lipinski definition) is 2. The molecule has 0 aromatic heterocycles. The number of hydrogen-bond acceptors (Lipinski definition) is 5. The number of nitrogens with zero attached hydrogens (tertiary/aromatic N) is 1. The van der Waals surface area contributed by atoms with Crippen LogP contribution in [0.15, 0.2) is 4.99 Å². The van der Waals surface area contributed by atoms with Gasteiger partial charge in [-0.05, 0) is 38.5 Å². The van der Waals surface area contributed by atoms with Crippen LogP contribution in [0.5, 0.6) is 0 Å². The Morgan fingerprint density at radius 1 is 1.38 bits per heavy atom. The summed E-state index contributed by atoms with van der Waals surface area (Å²) < 4.78 is 33.4. The number of nitrogens with one attached hydrogen (secondary N) is 2. The fourth-order valence-corrected chi connectivity index (χ4v) is 3.22. The molecule has 24 heavy (non-hydrogen) atoms. The van der Waals surface area contributed by atoms with Gasteiger partial charge >= 0.3 is 0 Å². The molecule has 1 fully saturated rings. The molecule has 1 aliphatic rings. The molecule has 8 heteroatoms. The van der Waals surface area contributed by atoms with Crippen LogP contribution >= 0.6 is 0 Å². The highest BCUT2D eigenvalue weighted by Crippen LogP contribution is 2.14. The van der Waals surface area contributed by atoms with Gasteiger partial charge in [-0.15, -0.1) is 0 Å². The van der Waals surface area contributed by atoms with Gasteiger partial charge in [-0.1, -0.05) is 0 Å². The second-order valence-corrected chi connectivity index (χ2v) is 8.71. The predicted molar refractivity (Wildman–Crippen MR) is 97.3 cm³/mol. The van der Waals surface area contributed by atoms with Crippen molar-refractivity contribution in [3.63, 3.8) is 0 Å². The summed E-state index contributed by atoms with van der Waals surface area (Å²) in [5.41, 5.74) is 0. The SMILES string of the molecule is CN=C(NCCCOCC1CCOCC1)NC(C)CCS(C)(=O)=O. The van der Waals surface area contributed by atoms with E-state index in [9.17, 15) is 8.42 Å². The number of sulfone groups is 1. The van der Waals surface area contributed by atoms with Crippen molar-refractivity contribution >= 4 is 15.8 Å². The Balaban J connectivity index is 2.06. The first-order valence-corrected chi connectivity index (χ1v) is 10.8. The first-order chi connectivity index (χ1) is 11.4. The van der Waals surface area contributed by atoms with Crippen LogP contribution in [0, 0.1) is 5.92 Å². The lowest BCUT2D eigenvalue weighted by atomic mass is 10.0. The van der Waals surface area contributed by atoms with Crippen molar-refractivity contribution in [1.82, 2.24) is 10.6 Å². The maximum atomic E-state index is 11.2. The van der Waals surface area contributed by atoms with Gasteiger partial charge in [0, 0.05) is 52.3 Å². The Labute approximate surface area is 146 Å². The molecule has 1 unspecified atom stereocenters. The van der Waals surface area contributed by atoms with Gasteiger partial charge in [-0.2, -0.15) is 0 Å². The highest BCUT2D eigenvalue weighted by Gasteiger charge is 2.13. The third-order valence-corrected chi connectivity index (χ3v) is 4.96. The maximum absolute atomic E-state index is 11.2. The molecule has 1 saturated heterocycles. The molecule has 1 atom stereocenters. The van der Waals surface area contributed by atoms with Crippen LogP contribution in [0.25, 0.3) is 0 Å². The van der Waals surface area contributed by atoms with Crippen LogP contribution in [0.3, 0.4) is 0 Å². The maximum Gasteiger partial charge on any atom is 0.191 e. The minimum absolute atomic E-state index is 0.0516. The van der Waals surface area contributed by atoms with Crippen LogP contribution in [-0.4, -0.2) is 72.4 Å². The van der Waals surface area contributed by atoms with Gasteiger partial charge in [0.2, 0.25) is 0 Å². The van der Waals surface area contributed by atoms with E-state index < -0.39 is 9.84 Å². The molecule has 0 aromatic rings. The smallest absolute Gasteiger partial charge is 0.191 e. The van der Waals surface area contributed by atoms with Gasteiger partial charge < -0.3 is 20.1 Å². The van der Waals surface area contributed by atoms with Crippen molar-refractivity contribution < 1.29 is 17.9 Å². The second-order valence-electron chi connectivity index (χ2n) is 6.45. The minimum atomic E-state index is -2.92. The summed E-state index contributed by atoms with van der Waals surface area (Å²) in [6, 6.07) is 0.0516. The van der Waals surface area contributed by atoms with E-state index in [0.29, 0.717) is 18.3 Å². The van der Waals surface area contributed by atoms with Crippen molar-refractivity contribution in [3.05, 3.63) is 0 Å². The molecule has 0 radical (unpaired) electrons. The van der Waals surface area contributed by atoms with Gasteiger partial charge in [0.25, 0.3) is 0 Å². The number of aliphatic imine (C=N–C) groups is 1. The molecule has 0 bridgehead atoms.